The van der Waals surface area contributed by atoms with Crippen LogP contribution in [0.3, 0.4) is 0 Å². The highest BCUT2D eigenvalue weighted by atomic mass is 127. The van der Waals surface area contributed by atoms with Gasteiger partial charge in [-0.15, -0.1) is 24.0 Å². The van der Waals surface area contributed by atoms with Crippen molar-refractivity contribution in [3.8, 4) is 0 Å². The van der Waals surface area contributed by atoms with Crippen LogP contribution < -0.4 is 10.6 Å². The maximum atomic E-state index is 5.97. The van der Waals surface area contributed by atoms with Crippen LogP contribution in [0.4, 0.5) is 0 Å². The summed E-state index contributed by atoms with van der Waals surface area (Å²) >= 11 is 0. The van der Waals surface area contributed by atoms with E-state index < -0.39 is 0 Å². The van der Waals surface area contributed by atoms with E-state index in [0.717, 1.165) is 25.5 Å². The van der Waals surface area contributed by atoms with E-state index in [4.69, 9.17) is 4.74 Å². The molecule has 21 heavy (non-hydrogen) atoms. The third-order valence-electron chi connectivity index (χ3n) is 4.74. The minimum Gasteiger partial charge on any atom is -0.378 e. The molecule has 0 saturated heterocycles. The molecule has 2 aliphatic carbocycles. The highest BCUT2D eigenvalue weighted by molar-refractivity contribution is 14.0. The molecule has 124 valence electrons. The Kier molecular flexibility index (Phi) is 7.74. The molecule has 1 spiro atoms. The first-order chi connectivity index (χ1) is 9.62. The van der Waals surface area contributed by atoms with Gasteiger partial charge in [0, 0.05) is 30.7 Å². The SMILES string of the molecule is CCN=C(NC(C)C)NC1CC(OCC)C12CCCC2.I. The highest BCUT2D eigenvalue weighted by Gasteiger charge is 2.56. The van der Waals surface area contributed by atoms with Crippen molar-refractivity contribution >= 4 is 29.9 Å². The zero-order chi connectivity index (χ0) is 14.6. The predicted octanol–water partition coefficient (Wildman–Crippen LogP) is 3.31. The largest absolute Gasteiger partial charge is 0.378 e. The van der Waals surface area contributed by atoms with Crippen LogP contribution in [-0.2, 0) is 4.74 Å². The van der Waals surface area contributed by atoms with Crippen LogP contribution in [0.1, 0.15) is 59.8 Å². The molecule has 0 bridgehead atoms. The molecule has 2 aliphatic rings. The molecule has 2 rings (SSSR count). The summed E-state index contributed by atoms with van der Waals surface area (Å²) in [5.41, 5.74) is 0.364. The van der Waals surface area contributed by atoms with Gasteiger partial charge in [0.1, 0.15) is 0 Å². The predicted molar refractivity (Wildman–Crippen MR) is 99.5 cm³/mol. The van der Waals surface area contributed by atoms with E-state index in [-0.39, 0.29) is 24.0 Å². The van der Waals surface area contributed by atoms with E-state index >= 15 is 0 Å². The second-order valence-corrected chi connectivity index (χ2v) is 6.44. The fourth-order valence-corrected chi connectivity index (χ4v) is 3.82. The normalized spacial score (nSPS) is 27.4. The zero-order valence-electron chi connectivity index (χ0n) is 13.9. The molecular weight excluding hydrogens is 377 g/mol. The monoisotopic (exact) mass is 409 g/mol. The molecule has 2 unspecified atom stereocenters. The van der Waals surface area contributed by atoms with Crippen LogP contribution in [0, 0.1) is 5.41 Å². The molecule has 0 heterocycles. The molecule has 4 nitrogen and oxygen atoms in total. The minimum absolute atomic E-state index is 0. The molecule has 2 saturated carbocycles. The molecule has 0 aliphatic heterocycles. The summed E-state index contributed by atoms with van der Waals surface area (Å²) in [6.45, 7) is 10.1. The number of hydrogen-bond donors (Lipinski definition) is 2. The lowest BCUT2D eigenvalue weighted by atomic mass is 9.60. The lowest BCUT2D eigenvalue weighted by Gasteiger charge is -2.54. The Labute approximate surface area is 146 Å². The van der Waals surface area contributed by atoms with E-state index in [9.17, 15) is 0 Å². The number of ether oxygens (including phenoxy) is 1. The van der Waals surface area contributed by atoms with Crippen LogP contribution >= 0.6 is 24.0 Å². The lowest BCUT2D eigenvalue weighted by Crippen LogP contribution is -2.65. The van der Waals surface area contributed by atoms with Gasteiger partial charge in [-0.25, -0.2) is 0 Å². The molecule has 2 N–H and O–H groups in total. The molecule has 0 aromatic carbocycles. The van der Waals surface area contributed by atoms with Crippen LogP contribution in [0.2, 0.25) is 0 Å². The number of halogens is 1. The molecule has 0 aromatic rings. The van der Waals surface area contributed by atoms with Crippen LogP contribution in [-0.4, -0.2) is 37.3 Å². The van der Waals surface area contributed by atoms with Gasteiger partial charge in [-0.3, -0.25) is 4.99 Å². The van der Waals surface area contributed by atoms with Crippen molar-refractivity contribution in [3.05, 3.63) is 0 Å². The van der Waals surface area contributed by atoms with Crippen molar-refractivity contribution in [2.75, 3.05) is 13.2 Å². The summed E-state index contributed by atoms with van der Waals surface area (Å²) in [6.07, 6.45) is 6.87. The maximum Gasteiger partial charge on any atom is 0.191 e. The molecule has 2 atom stereocenters. The summed E-state index contributed by atoms with van der Waals surface area (Å²) < 4.78 is 5.97. The second-order valence-electron chi connectivity index (χ2n) is 6.44. The Balaban J connectivity index is 0.00000220. The highest BCUT2D eigenvalue weighted by Crippen LogP contribution is 2.54. The Bertz CT molecular complexity index is 340. The second kappa shape index (κ2) is 8.56. The maximum absolute atomic E-state index is 5.97. The molecule has 0 amide bonds. The average molecular weight is 409 g/mol. The van der Waals surface area contributed by atoms with Crippen molar-refractivity contribution < 1.29 is 4.74 Å². The van der Waals surface area contributed by atoms with Crippen LogP contribution in [0.5, 0.6) is 0 Å². The summed E-state index contributed by atoms with van der Waals surface area (Å²) in [6, 6.07) is 0.938. The number of guanidine groups is 1. The average Bonchev–Trinajstić information content (AvgIpc) is 2.89. The van der Waals surface area contributed by atoms with Gasteiger partial charge >= 0.3 is 0 Å². The van der Waals surface area contributed by atoms with Gasteiger partial charge in [-0.05, 0) is 47.0 Å². The molecule has 2 fully saturated rings. The Morgan fingerprint density at radius 1 is 1.29 bits per heavy atom. The van der Waals surface area contributed by atoms with E-state index in [1.807, 2.05) is 0 Å². The zero-order valence-corrected chi connectivity index (χ0v) is 16.3. The molecule has 0 aromatic heterocycles. The molecule has 0 radical (unpaired) electrons. The third kappa shape index (κ3) is 4.24. The van der Waals surface area contributed by atoms with Crippen molar-refractivity contribution in [3.63, 3.8) is 0 Å². The first-order valence-electron chi connectivity index (χ1n) is 8.31. The van der Waals surface area contributed by atoms with Crippen LogP contribution in [0.15, 0.2) is 4.99 Å². The first-order valence-corrected chi connectivity index (χ1v) is 8.31. The van der Waals surface area contributed by atoms with Gasteiger partial charge in [0.25, 0.3) is 0 Å². The fraction of sp³-hybridized carbons (Fsp3) is 0.938. The number of rotatable bonds is 5. The van der Waals surface area contributed by atoms with E-state index in [0.29, 0.717) is 23.6 Å². The molecule has 5 heteroatoms. The standard InChI is InChI=1S/C16H31N3O.HI/c1-5-17-15(18-12(3)4)19-13-11-14(20-6-2)16(13)9-7-8-10-16;/h12-14H,5-11H2,1-4H3,(H2,17,18,19);1H. The van der Waals surface area contributed by atoms with Gasteiger partial charge in [-0.2, -0.15) is 0 Å². The Morgan fingerprint density at radius 3 is 2.48 bits per heavy atom. The Hall–Kier alpha value is -0.0400. The quantitative estimate of drug-likeness (QED) is 0.416. The van der Waals surface area contributed by atoms with Crippen molar-refractivity contribution in [2.24, 2.45) is 10.4 Å². The third-order valence-corrected chi connectivity index (χ3v) is 4.74. The summed E-state index contributed by atoms with van der Waals surface area (Å²) in [4.78, 5) is 4.57. The number of aliphatic imine (C=N–C) groups is 1. The van der Waals surface area contributed by atoms with Crippen molar-refractivity contribution in [1.82, 2.24) is 10.6 Å². The van der Waals surface area contributed by atoms with Crippen molar-refractivity contribution in [1.29, 1.82) is 0 Å². The van der Waals surface area contributed by atoms with E-state index in [1.54, 1.807) is 0 Å². The van der Waals surface area contributed by atoms with Gasteiger partial charge in [0.2, 0.25) is 0 Å². The summed E-state index contributed by atoms with van der Waals surface area (Å²) in [5.74, 6) is 0.966. The fourth-order valence-electron chi connectivity index (χ4n) is 3.82. The van der Waals surface area contributed by atoms with Crippen LogP contribution in [0.25, 0.3) is 0 Å². The number of nitrogens with zero attached hydrogens (tertiary/aromatic N) is 1. The Morgan fingerprint density at radius 2 is 1.95 bits per heavy atom. The van der Waals surface area contributed by atoms with Gasteiger partial charge in [0.05, 0.1) is 6.10 Å². The van der Waals surface area contributed by atoms with Crippen molar-refractivity contribution in [2.45, 2.75) is 78.0 Å². The topological polar surface area (TPSA) is 45.7 Å². The van der Waals surface area contributed by atoms with E-state index in [2.05, 4.69) is 43.3 Å². The van der Waals surface area contributed by atoms with Gasteiger partial charge in [0.15, 0.2) is 5.96 Å². The number of nitrogens with one attached hydrogen (secondary N) is 2. The number of hydrogen-bond acceptors (Lipinski definition) is 2. The lowest BCUT2D eigenvalue weighted by molar-refractivity contribution is -0.125. The summed E-state index contributed by atoms with van der Waals surface area (Å²) in [7, 11) is 0. The van der Waals surface area contributed by atoms with Gasteiger partial charge in [-0.1, -0.05) is 12.8 Å². The first kappa shape index (κ1) is 19.0. The van der Waals surface area contributed by atoms with E-state index in [1.165, 1.54) is 25.7 Å². The minimum atomic E-state index is 0. The smallest absolute Gasteiger partial charge is 0.191 e. The molecular formula is C16H32IN3O. The van der Waals surface area contributed by atoms with Gasteiger partial charge < -0.3 is 15.4 Å². The summed E-state index contributed by atoms with van der Waals surface area (Å²) in [5, 5.41) is 7.10.